The molecule has 1 aromatic carbocycles. The number of nitrogens with one attached hydrogen (secondary N) is 1. The molecule has 0 saturated carbocycles. The highest BCUT2D eigenvalue weighted by Gasteiger charge is 2.26. The van der Waals surface area contributed by atoms with Gasteiger partial charge in [0.25, 0.3) is 5.56 Å². The van der Waals surface area contributed by atoms with E-state index in [1.165, 1.54) is 29.4 Å². The zero-order valence-corrected chi connectivity index (χ0v) is 23.1. The highest BCUT2D eigenvalue weighted by Crippen LogP contribution is 2.35. The van der Waals surface area contributed by atoms with Gasteiger partial charge in [0, 0.05) is 46.3 Å². The van der Waals surface area contributed by atoms with Gasteiger partial charge in [-0.2, -0.15) is 13.9 Å². The van der Waals surface area contributed by atoms with Crippen molar-refractivity contribution >= 4 is 29.0 Å². The van der Waals surface area contributed by atoms with Crippen LogP contribution in [0.1, 0.15) is 68.2 Å². The number of rotatable bonds is 5. The predicted molar refractivity (Wildman–Crippen MR) is 150 cm³/mol. The van der Waals surface area contributed by atoms with E-state index in [0.717, 1.165) is 0 Å². The predicted octanol–water partition coefficient (Wildman–Crippen LogP) is 6.16. The third kappa shape index (κ3) is 5.67. The number of Topliss-reactive ketones (excluding diaryl/α,β-unsaturated/α-hetero) is 1. The lowest BCUT2D eigenvalue weighted by atomic mass is 9.96. The topological polar surface area (TPSA) is 112 Å². The van der Waals surface area contributed by atoms with Gasteiger partial charge in [0.05, 0.1) is 41.3 Å². The summed E-state index contributed by atoms with van der Waals surface area (Å²) < 4.78 is 29.7. The van der Waals surface area contributed by atoms with Crippen LogP contribution in [0.3, 0.4) is 0 Å². The number of pyridine rings is 1. The van der Waals surface area contributed by atoms with E-state index >= 15 is 0 Å². The molecule has 0 aliphatic carbocycles. The monoisotopic (exact) mass is 580 g/mol. The Labute approximate surface area is 239 Å². The van der Waals surface area contributed by atoms with Gasteiger partial charge in [-0.05, 0) is 43.2 Å². The van der Waals surface area contributed by atoms with E-state index in [-0.39, 0.29) is 29.5 Å². The fourth-order valence-corrected chi connectivity index (χ4v) is 5.23. The smallest absolute Gasteiger partial charge is 0.323 e. The average molecular weight is 581 g/mol. The Hall–Kier alpha value is -4.25. The summed E-state index contributed by atoms with van der Waals surface area (Å²) in [5.74, 6) is -0.837. The summed E-state index contributed by atoms with van der Waals surface area (Å²) in [6, 6.07) is 8.76. The van der Waals surface area contributed by atoms with Crippen molar-refractivity contribution in [2.24, 2.45) is 5.92 Å². The molecular formula is C29H27ClF2N6O3. The molecule has 3 aromatic heterocycles. The molecule has 1 aliphatic rings. The van der Waals surface area contributed by atoms with Gasteiger partial charge in [-0.15, -0.1) is 0 Å². The van der Waals surface area contributed by atoms with Crippen LogP contribution in [-0.2, 0) is 4.79 Å². The molecule has 9 nitrogen and oxygen atoms in total. The van der Waals surface area contributed by atoms with Gasteiger partial charge in [0.2, 0.25) is 5.91 Å². The maximum absolute atomic E-state index is 13.9. The fraction of sp³-hybridized carbons (Fsp3) is 0.310. The Morgan fingerprint density at radius 1 is 1.15 bits per heavy atom. The lowest BCUT2D eigenvalue weighted by Gasteiger charge is -2.22. The van der Waals surface area contributed by atoms with Gasteiger partial charge < -0.3 is 5.32 Å². The van der Waals surface area contributed by atoms with E-state index in [4.69, 9.17) is 11.6 Å². The Morgan fingerprint density at radius 2 is 1.95 bits per heavy atom. The number of hydrogen-bond acceptors (Lipinski definition) is 6. The number of anilines is 1. The molecule has 4 aromatic rings. The van der Waals surface area contributed by atoms with Crippen molar-refractivity contribution < 1.29 is 18.4 Å². The first-order chi connectivity index (χ1) is 19.7. The van der Waals surface area contributed by atoms with Gasteiger partial charge in [0.15, 0.2) is 5.78 Å². The SMILES string of the molecule is CCC(=O)c1ccc(Cl)cc1-c1cc(=O)n([C@H]2CCC[C@@H](C)C(=O)Nc3cnn(C(F)F)c3-c3ccnc2c3)cn1. The number of benzene rings is 1. The van der Waals surface area contributed by atoms with Gasteiger partial charge in [-0.25, -0.2) is 9.67 Å². The average Bonchev–Trinajstić information content (AvgIpc) is 3.38. The van der Waals surface area contributed by atoms with Gasteiger partial charge in [-0.3, -0.25) is 23.9 Å². The number of alkyl halides is 2. The summed E-state index contributed by atoms with van der Waals surface area (Å²) in [7, 11) is 0. The molecular weight excluding hydrogens is 554 g/mol. The molecule has 41 heavy (non-hydrogen) atoms. The van der Waals surface area contributed by atoms with Gasteiger partial charge in [0.1, 0.15) is 0 Å². The third-order valence-corrected chi connectivity index (χ3v) is 7.48. The second kappa shape index (κ2) is 11.7. The van der Waals surface area contributed by atoms with Crippen molar-refractivity contribution in [2.45, 2.75) is 52.1 Å². The summed E-state index contributed by atoms with van der Waals surface area (Å²) in [6.07, 6.45) is 5.86. The van der Waals surface area contributed by atoms with E-state index in [0.29, 0.717) is 57.0 Å². The van der Waals surface area contributed by atoms with E-state index in [9.17, 15) is 23.2 Å². The maximum atomic E-state index is 13.9. The van der Waals surface area contributed by atoms with Crippen molar-refractivity contribution in [3.63, 3.8) is 0 Å². The number of carbonyl (C=O) groups excluding carboxylic acids is 2. The van der Waals surface area contributed by atoms with Gasteiger partial charge >= 0.3 is 6.55 Å². The molecule has 212 valence electrons. The molecule has 1 amide bonds. The van der Waals surface area contributed by atoms with Crippen molar-refractivity contribution in [1.29, 1.82) is 0 Å². The van der Waals surface area contributed by atoms with Crippen LogP contribution in [0.2, 0.25) is 5.02 Å². The largest absolute Gasteiger partial charge is 0.333 e. The van der Waals surface area contributed by atoms with Crippen LogP contribution in [0.15, 0.2) is 59.9 Å². The molecule has 0 spiro atoms. The van der Waals surface area contributed by atoms with E-state index < -0.39 is 24.1 Å². The normalized spacial score (nSPS) is 17.4. The van der Waals surface area contributed by atoms with Crippen molar-refractivity contribution in [3.05, 3.63) is 81.8 Å². The fourth-order valence-electron chi connectivity index (χ4n) is 5.05. The summed E-state index contributed by atoms with van der Waals surface area (Å²) >= 11 is 6.20. The third-order valence-electron chi connectivity index (χ3n) is 7.25. The van der Waals surface area contributed by atoms with Crippen molar-refractivity contribution in [1.82, 2.24) is 24.3 Å². The molecule has 2 atom stereocenters. The molecule has 4 heterocycles. The number of carbonyl (C=O) groups is 2. The molecule has 0 radical (unpaired) electrons. The molecule has 1 aliphatic heterocycles. The number of aromatic nitrogens is 5. The minimum atomic E-state index is -2.94. The molecule has 0 saturated heterocycles. The highest BCUT2D eigenvalue weighted by molar-refractivity contribution is 6.31. The number of fused-ring (bicyclic) bond motifs is 4. The maximum Gasteiger partial charge on any atom is 0.333 e. The molecule has 12 heteroatoms. The first-order valence-corrected chi connectivity index (χ1v) is 13.6. The van der Waals surface area contributed by atoms with E-state index in [1.807, 2.05) is 0 Å². The van der Waals surface area contributed by atoms with Crippen LogP contribution >= 0.6 is 11.6 Å². The Balaban J connectivity index is 1.62. The van der Waals surface area contributed by atoms with E-state index in [1.54, 1.807) is 44.2 Å². The Bertz CT molecular complexity index is 1690. The standard InChI is InChI=1S/C29H27ClF2N6O3/c1-3-25(39)19-8-7-18(30)12-20(19)21-13-26(40)37(15-34-21)24-6-4-5-16(2)28(41)36-23-14-35-38(29(31)32)27(23)17-9-10-33-22(24)11-17/h7-16,24,29H,3-6H2,1-2H3,(H,36,41)/t16-,24+/m1/s1. The quantitative estimate of drug-likeness (QED) is 0.283. The number of halogens is 3. The zero-order chi connectivity index (χ0) is 29.3. The number of hydrogen-bond donors (Lipinski definition) is 1. The summed E-state index contributed by atoms with van der Waals surface area (Å²) in [6.45, 7) is 0.565. The molecule has 0 fully saturated rings. The minimum absolute atomic E-state index is 0.0402. The molecule has 5 rings (SSSR count). The Morgan fingerprint density at radius 3 is 2.68 bits per heavy atom. The minimum Gasteiger partial charge on any atom is -0.323 e. The number of amides is 1. The lowest BCUT2D eigenvalue weighted by molar-refractivity contribution is -0.119. The van der Waals surface area contributed by atoms with Crippen molar-refractivity contribution in [2.75, 3.05) is 5.32 Å². The first-order valence-electron chi connectivity index (χ1n) is 13.2. The van der Waals surface area contributed by atoms with Crippen LogP contribution in [0.25, 0.3) is 22.5 Å². The summed E-state index contributed by atoms with van der Waals surface area (Å²) in [4.78, 5) is 47.9. The second-order valence-corrected chi connectivity index (χ2v) is 10.4. The van der Waals surface area contributed by atoms with Crippen LogP contribution in [0, 0.1) is 5.92 Å². The highest BCUT2D eigenvalue weighted by atomic mass is 35.5. The number of nitrogens with zero attached hydrogens (tertiary/aromatic N) is 5. The molecule has 1 N–H and O–H groups in total. The zero-order valence-electron chi connectivity index (χ0n) is 22.4. The first kappa shape index (κ1) is 28.3. The van der Waals surface area contributed by atoms with Crippen LogP contribution in [0.4, 0.5) is 14.5 Å². The molecule has 2 bridgehead atoms. The van der Waals surface area contributed by atoms with Crippen LogP contribution in [0.5, 0.6) is 0 Å². The van der Waals surface area contributed by atoms with Gasteiger partial charge in [-0.1, -0.05) is 31.9 Å². The lowest BCUT2D eigenvalue weighted by Crippen LogP contribution is -2.27. The van der Waals surface area contributed by atoms with E-state index in [2.05, 4.69) is 20.4 Å². The molecule has 0 unspecified atom stereocenters. The van der Waals surface area contributed by atoms with Crippen LogP contribution in [-0.4, -0.2) is 36.0 Å². The van der Waals surface area contributed by atoms with Crippen molar-refractivity contribution in [3.8, 4) is 22.5 Å². The Kier molecular flexibility index (Phi) is 8.07. The summed E-state index contributed by atoms with van der Waals surface area (Å²) in [5.41, 5.74) is 1.82. The van der Waals surface area contributed by atoms with Crippen LogP contribution < -0.4 is 10.9 Å². The number of ketones is 1. The second-order valence-electron chi connectivity index (χ2n) is 9.92. The summed E-state index contributed by atoms with van der Waals surface area (Å²) in [5, 5.41) is 6.93.